The highest BCUT2D eigenvalue weighted by atomic mass is 127. The second kappa shape index (κ2) is 5.14. The van der Waals surface area contributed by atoms with Crippen LogP contribution in [-0.2, 0) is 7.05 Å². The summed E-state index contributed by atoms with van der Waals surface area (Å²) in [6.45, 7) is 0. The molecule has 2 aromatic rings. The molecule has 1 N–H and O–H groups in total. The second-order valence-electron chi connectivity index (χ2n) is 3.83. The van der Waals surface area contributed by atoms with Crippen LogP contribution in [0.5, 0.6) is 0 Å². The van der Waals surface area contributed by atoms with Gasteiger partial charge in [0.05, 0.1) is 12.2 Å². The SMILES string of the molecule is CNC(c1cnn(C)c1)c1ccc(F)cc1I. The molecule has 1 atom stereocenters. The van der Waals surface area contributed by atoms with Gasteiger partial charge in [-0.25, -0.2) is 4.39 Å². The second-order valence-corrected chi connectivity index (χ2v) is 5.00. The van der Waals surface area contributed by atoms with Crippen molar-refractivity contribution in [2.24, 2.45) is 7.05 Å². The van der Waals surface area contributed by atoms with Crippen molar-refractivity contribution in [2.75, 3.05) is 7.05 Å². The van der Waals surface area contributed by atoms with E-state index >= 15 is 0 Å². The van der Waals surface area contributed by atoms with E-state index in [2.05, 4.69) is 33.0 Å². The smallest absolute Gasteiger partial charge is 0.124 e. The Labute approximate surface area is 113 Å². The minimum Gasteiger partial charge on any atom is -0.309 e. The zero-order valence-electron chi connectivity index (χ0n) is 9.61. The van der Waals surface area contributed by atoms with Crippen LogP contribution in [0.2, 0.25) is 0 Å². The molecule has 1 aromatic carbocycles. The van der Waals surface area contributed by atoms with Gasteiger partial charge in [0.25, 0.3) is 0 Å². The summed E-state index contributed by atoms with van der Waals surface area (Å²) >= 11 is 2.15. The molecule has 0 saturated heterocycles. The normalized spacial score (nSPS) is 12.7. The van der Waals surface area contributed by atoms with E-state index < -0.39 is 0 Å². The molecule has 0 aliphatic carbocycles. The molecule has 17 heavy (non-hydrogen) atoms. The minimum absolute atomic E-state index is 0.0381. The van der Waals surface area contributed by atoms with E-state index in [1.54, 1.807) is 4.68 Å². The number of nitrogens with zero attached hydrogens (tertiary/aromatic N) is 2. The molecule has 0 amide bonds. The molecular formula is C12H13FIN3. The van der Waals surface area contributed by atoms with Crippen LogP contribution >= 0.6 is 22.6 Å². The van der Waals surface area contributed by atoms with Gasteiger partial charge in [0.2, 0.25) is 0 Å². The largest absolute Gasteiger partial charge is 0.309 e. The van der Waals surface area contributed by atoms with Crippen molar-refractivity contribution < 1.29 is 4.39 Å². The summed E-state index contributed by atoms with van der Waals surface area (Å²) in [4.78, 5) is 0. The first-order valence-electron chi connectivity index (χ1n) is 5.22. The molecule has 0 spiro atoms. The van der Waals surface area contributed by atoms with Gasteiger partial charge in [-0.1, -0.05) is 6.07 Å². The number of halogens is 2. The van der Waals surface area contributed by atoms with E-state index in [9.17, 15) is 4.39 Å². The predicted octanol–water partition coefficient (Wildman–Crippen LogP) is 2.47. The van der Waals surface area contributed by atoms with Crippen molar-refractivity contribution in [2.45, 2.75) is 6.04 Å². The number of hydrogen-bond acceptors (Lipinski definition) is 2. The van der Waals surface area contributed by atoms with E-state index in [0.29, 0.717) is 0 Å². The molecule has 1 aromatic heterocycles. The lowest BCUT2D eigenvalue weighted by molar-refractivity contribution is 0.621. The lowest BCUT2D eigenvalue weighted by Gasteiger charge is -2.16. The van der Waals surface area contributed by atoms with Gasteiger partial charge in [0.1, 0.15) is 5.82 Å². The Bertz CT molecular complexity index is 524. The highest BCUT2D eigenvalue weighted by Crippen LogP contribution is 2.26. The molecule has 0 aliphatic rings. The Morgan fingerprint density at radius 2 is 2.24 bits per heavy atom. The lowest BCUT2D eigenvalue weighted by atomic mass is 10.0. The standard InChI is InChI=1S/C12H13FIN3/c1-15-12(8-6-16-17(2)7-8)10-4-3-9(13)5-11(10)14/h3-7,12,15H,1-2H3. The van der Waals surface area contributed by atoms with Crippen LogP contribution in [-0.4, -0.2) is 16.8 Å². The zero-order valence-corrected chi connectivity index (χ0v) is 11.8. The predicted molar refractivity (Wildman–Crippen MR) is 73.2 cm³/mol. The van der Waals surface area contributed by atoms with E-state index in [-0.39, 0.29) is 11.9 Å². The molecule has 5 heteroatoms. The van der Waals surface area contributed by atoms with Crippen molar-refractivity contribution in [3.63, 3.8) is 0 Å². The summed E-state index contributed by atoms with van der Waals surface area (Å²) in [5, 5.41) is 7.39. The molecule has 0 saturated carbocycles. The highest BCUT2D eigenvalue weighted by molar-refractivity contribution is 14.1. The maximum absolute atomic E-state index is 13.1. The van der Waals surface area contributed by atoms with Crippen LogP contribution in [0.4, 0.5) is 4.39 Å². The highest BCUT2D eigenvalue weighted by Gasteiger charge is 2.16. The van der Waals surface area contributed by atoms with Gasteiger partial charge >= 0.3 is 0 Å². The van der Waals surface area contributed by atoms with Crippen LogP contribution in [0.25, 0.3) is 0 Å². The van der Waals surface area contributed by atoms with E-state index in [4.69, 9.17) is 0 Å². The summed E-state index contributed by atoms with van der Waals surface area (Å²) in [7, 11) is 3.77. The summed E-state index contributed by atoms with van der Waals surface area (Å²) in [6.07, 6.45) is 3.78. The third-order valence-electron chi connectivity index (χ3n) is 2.62. The van der Waals surface area contributed by atoms with Crippen LogP contribution in [0.15, 0.2) is 30.6 Å². The molecule has 0 fully saturated rings. The Morgan fingerprint density at radius 1 is 1.47 bits per heavy atom. The minimum atomic E-state index is -0.209. The van der Waals surface area contributed by atoms with Gasteiger partial charge in [0.15, 0.2) is 0 Å². The number of nitrogens with one attached hydrogen (secondary N) is 1. The van der Waals surface area contributed by atoms with Crippen molar-refractivity contribution in [1.82, 2.24) is 15.1 Å². The number of aromatic nitrogens is 2. The van der Waals surface area contributed by atoms with Crippen LogP contribution < -0.4 is 5.32 Å². The van der Waals surface area contributed by atoms with Crippen molar-refractivity contribution >= 4 is 22.6 Å². The van der Waals surface area contributed by atoms with Crippen LogP contribution in [0.1, 0.15) is 17.2 Å². The fourth-order valence-electron chi connectivity index (χ4n) is 1.83. The Morgan fingerprint density at radius 3 is 2.76 bits per heavy atom. The van der Waals surface area contributed by atoms with Crippen molar-refractivity contribution in [1.29, 1.82) is 0 Å². The molecule has 90 valence electrons. The number of benzene rings is 1. The molecule has 0 radical (unpaired) electrons. The van der Waals surface area contributed by atoms with Crippen LogP contribution in [0.3, 0.4) is 0 Å². The Hall–Kier alpha value is -0.950. The summed E-state index contributed by atoms with van der Waals surface area (Å²) in [5.74, 6) is -0.209. The maximum atomic E-state index is 13.1. The van der Waals surface area contributed by atoms with Crippen LogP contribution in [0, 0.1) is 9.39 Å². The monoisotopic (exact) mass is 345 g/mol. The zero-order chi connectivity index (χ0) is 12.4. The number of rotatable bonds is 3. The summed E-state index contributed by atoms with van der Waals surface area (Å²) in [6, 6.07) is 4.87. The molecule has 3 nitrogen and oxygen atoms in total. The fourth-order valence-corrected chi connectivity index (χ4v) is 2.62. The molecule has 1 heterocycles. The topological polar surface area (TPSA) is 29.9 Å². The molecule has 0 aliphatic heterocycles. The molecular weight excluding hydrogens is 332 g/mol. The van der Waals surface area contributed by atoms with Gasteiger partial charge in [0, 0.05) is 22.4 Å². The fraction of sp³-hybridized carbons (Fsp3) is 0.250. The summed E-state index contributed by atoms with van der Waals surface area (Å²) in [5.41, 5.74) is 2.13. The first-order valence-corrected chi connectivity index (χ1v) is 6.30. The maximum Gasteiger partial charge on any atom is 0.124 e. The summed E-state index contributed by atoms with van der Waals surface area (Å²) < 4.78 is 15.7. The van der Waals surface area contributed by atoms with Crippen molar-refractivity contribution in [3.05, 3.63) is 51.1 Å². The van der Waals surface area contributed by atoms with Gasteiger partial charge in [-0.15, -0.1) is 0 Å². The molecule has 1 unspecified atom stereocenters. The average Bonchev–Trinajstić information content (AvgIpc) is 2.69. The first-order chi connectivity index (χ1) is 8.11. The average molecular weight is 345 g/mol. The lowest BCUT2D eigenvalue weighted by Crippen LogP contribution is -2.18. The van der Waals surface area contributed by atoms with E-state index in [1.165, 1.54) is 12.1 Å². The molecule has 0 bridgehead atoms. The van der Waals surface area contributed by atoms with Gasteiger partial charge in [-0.2, -0.15) is 5.10 Å². The first kappa shape index (κ1) is 12.5. The Balaban J connectivity index is 2.42. The van der Waals surface area contributed by atoms with E-state index in [1.807, 2.05) is 32.6 Å². The van der Waals surface area contributed by atoms with E-state index in [0.717, 1.165) is 14.7 Å². The Kier molecular flexibility index (Phi) is 3.78. The van der Waals surface area contributed by atoms with Gasteiger partial charge < -0.3 is 5.32 Å². The third kappa shape index (κ3) is 2.66. The van der Waals surface area contributed by atoms with Gasteiger partial charge in [-0.05, 0) is 47.3 Å². The number of hydrogen-bond donors (Lipinski definition) is 1. The van der Waals surface area contributed by atoms with Crippen molar-refractivity contribution in [3.8, 4) is 0 Å². The van der Waals surface area contributed by atoms with Gasteiger partial charge in [-0.3, -0.25) is 4.68 Å². The quantitative estimate of drug-likeness (QED) is 0.867. The number of aryl methyl sites for hydroxylation is 1. The molecule has 2 rings (SSSR count). The third-order valence-corrected chi connectivity index (χ3v) is 3.55.